The standard InChI is InChI=1S/C9H13N3O4S/c10-7(15)6-5-17-8(11-6)9(16)12(1-3-13)2-4-14/h5,13-14H,1-4H2,(H2,10,15). The number of primary amides is 1. The number of hydrogen-bond donors (Lipinski definition) is 3. The fourth-order valence-corrected chi connectivity index (χ4v) is 1.95. The van der Waals surface area contributed by atoms with Gasteiger partial charge in [-0.1, -0.05) is 0 Å². The van der Waals surface area contributed by atoms with Gasteiger partial charge in [0.1, 0.15) is 5.69 Å². The zero-order valence-corrected chi connectivity index (χ0v) is 9.81. The first kappa shape index (κ1) is 13.6. The van der Waals surface area contributed by atoms with Crippen LogP contribution in [0.4, 0.5) is 0 Å². The Hall–Kier alpha value is -1.51. The monoisotopic (exact) mass is 259 g/mol. The fraction of sp³-hybridized carbons (Fsp3) is 0.444. The minimum atomic E-state index is -0.698. The van der Waals surface area contributed by atoms with Crippen LogP contribution in [-0.2, 0) is 0 Å². The van der Waals surface area contributed by atoms with Gasteiger partial charge in [0.15, 0.2) is 5.01 Å². The van der Waals surface area contributed by atoms with Crippen molar-refractivity contribution in [1.82, 2.24) is 9.88 Å². The first-order valence-electron chi connectivity index (χ1n) is 4.86. The maximum atomic E-state index is 11.9. The number of rotatable bonds is 6. The molecule has 0 aliphatic carbocycles. The van der Waals surface area contributed by atoms with Crippen LogP contribution in [0.15, 0.2) is 5.38 Å². The average molecular weight is 259 g/mol. The molecule has 0 unspecified atom stereocenters. The van der Waals surface area contributed by atoms with E-state index in [2.05, 4.69) is 4.98 Å². The van der Waals surface area contributed by atoms with Crippen LogP contribution in [0.5, 0.6) is 0 Å². The number of hydrogen-bond acceptors (Lipinski definition) is 6. The van der Waals surface area contributed by atoms with Crippen molar-refractivity contribution in [2.75, 3.05) is 26.3 Å². The number of carbonyl (C=O) groups excluding carboxylic acids is 2. The van der Waals surface area contributed by atoms with Gasteiger partial charge in [-0.05, 0) is 0 Å². The molecule has 1 rings (SSSR count). The summed E-state index contributed by atoms with van der Waals surface area (Å²) >= 11 is 1.000. The molecule has 1 aromatic rings. The van der Waals surface area contributed by atoms with Crippen LogP contribution in [0.3, 0.4) is 0 Å². The molecule has 4 N–H and O–H groups in total. The molecule has 0 bridgehead atoms. The molecule has 17 heavy (non-hydrogen) atoms. The summed E-state index contributed by atoms with van der Waals surface area (Å²) in [5.41, 5.74) is 5.05. The predicted molar refractivity (Wildman–Crippen MR) is 60.7 cm³/mol. The lowest BCUT2D eigenvalue weighted by atomic mass is 10.4. The Labute approximate surface area is 101 Å². The molecule has 0 aliphatic rings. The lowest BCUT2D eigenvalue weighted by Crippen LogP contribution is -2.35. The second-order valence-corrected chi connectivity index (χ2v) is 4.00. The SMILES string of the molecule is NC(=O)c1csc(C(=O)N(CCO)CCO)n1. The highest BCUT2D eigenvalue weighted by Gasteiger charge is 2.19. The number of nitrogens with zero attached hydrogens (tertiary/aromatic N) is 2. The zero-order chi connectivity index (χ0) is 12.8. The summed E-state index contributed by atoms with van der Waals surface area (Å²) in [4.78, 5) is 27.7. The largest absolute Gasteiger partial charge is 0.395 e. The first-order chi connectivity index (χ1) is 8.10. The third-order valence-corrected chi connectivity index (χ3v) is 2.80. The molecule has 1 aromatic heterocycles. The summed E-state index contributed by atoms with van der Waals surface area (Å²) < 4.78 is 0. The third kappa shape index (κ3) is 3.48. The second kappa shape index (κ2) is 6.28. The molecule has 0 saturated carbocycles. The molecule has 8 heteroatoms. The first-order valence-corrected chi connectivity index (χ1v) is 5.74. The molecular weight excluding hydrogens is 246 g/mol. The number of nitrogens with two attached hydrogens (primary N) is 1. The minimum Gasteiger partial charge on any atom is -0.395 e. The Bertz CT molecular complexity index is 401. The van der Waals surface area contributed by atoms with Crippen molar-refractivity contribution < 1.29 is 19.8 Å². The molecule has 0 radical (unpaired) electrons. The number of carbonyl (C=O) groups is 2. The van der Waals surface area contributed by atoms with Crippen LogP contribution >= 0.6 is 11.3 Å². The highest BCUT2D eigenvalue weighted by molar-refractivity contribution is 7.11. The second-order valence-electron chi connectivity index (χ2n) is 3.14. The molecule has 0 spiro atoms. The summed E-state index contributed by atoms with van der Waals surface area (Å²) in [6, 6.07) is 0. The van der Waals surface area contributed by atoms with Crippen molar-refractivity contribution in [1.29, 1.82) is 0 Å². The lowest BCUT2D eigenvalue weighted by Gasteiger charge is -2.18. The van der Waals surface area contributed by atoms with Crippen LogP contribution in [-0.4, -0.2) is 58.2 Å². The topological polar surface area (TPSA) is 117 Å². The van der Waals surface area contributed by atoms with Crippen molar-refractivity contribution in [3.63, 3.8) is 0 Å². The van der Waals surface area contributed by atoms with Gasteiger partial charge in [-0.15, -0.1) is 11.3 Å². The predicted octanol–water partition coefficient (Wildman–Crippen LogP) is -1.33. The van der Waals surface area contributed by atoms with E-state index in [1.54, 1.807) is 0 Å². The normalized spacial score (nSPS) is 10.2. The molecule has 0 atom stereocenters. The van der Waals surface area contributed by atoms with E-state index in [1.807, 2.05) is 0 Å². The third-order valence-electron chi connectivity index (χ3n) is 1.97. The minimum absolute atomic E-state index is 0.0336. The van der Waals surface area contributed by atoms with E-state index in [1.165, 1.54) is 10.3 Å². The van der Waals surface area contributed by atoms with E-state index in [0.717, 1.165) is 11.3 Å². The Morgan fingerprint density at radius 3 is 2.35 bits per heavy atom. The summed E-state index contributed by atoms with van der Waals surface area (Å²) in [7, 11) is 0. The molecule has 1 heterocycles. The zero-order valence-electron chi connectivity index (χ0n) is 9.00. The molecule has 2 amide bonds. The maximum Gasteiger partial charge on any atom is 0.283 e. The summed E-state index contributed by atoms with van der Waals surface area (Å²) in [5, 5.41) is 19.1. The average Bonchev–Trinajstić information content (AvgIpc) is 2.77. The quantitative estimate of drug-likeness (QED) is 0.585. The van der Waals surface area contributed by atoms with Gasteiger partial charge in [-0.3, -0.25) is 9.59 Å². The van der Waals surface area contributed by atoms with Gasteiger partial charge in [0.2, 0.25) is 0 Å². The molecule has 0 aliphatic heterocycles. The summed E-state index contributed by atoms with van der Waals surface area (Å²) in [6.45, 7) is -0.213. The van der Waals surface area contributed by atoms with E-state index < -0.39 is 11.8 Å². The van der Waals surface area contributed by atoms with Gasteiger partial charge in [0.05, 0.1) is 13.2 Å². The van der Waals surface area contributed by atoms with Crippen LogP contribution in [0, 0.1) is 0 Å². The van der Waals surface area contributed by atoms with Crippen molar-refractivity contribution in [3.8, 4) is 0 Å². The Morgan fingerprint density at radius 1 is 1.35 bits per heavy atom. The van der Waals surface area contributed by atoms with Gasteiger partial charge >= 0.3 is 0 Å². The van der Waals surface area contributed by atoms with E-state index in [4.69, 9.17) is 15.9 Å². The van der Waals surface area contributed by atoms with Crippen molar-refractivity contribution in [2.24, 2.45) is 5.73 Å². The van der Waals surface area contributed by atoms with Crippen LogP contribution in [0.2, 0.25) is 0 Å². The van der Waals surface area contributed by atoms with Gasteiger partial charge in [0.25, 0.3) is 11.8 Å². The van der Waals surface area contributed by atoms with E-state index >= 15 is 0 Å². The van der Waals surface area contributed by atoms with Crippen LogP contribution in [0.25, 0.3) is 0 Å². The van der Waals surface area contributed by atoms with Crippen molar-refractivity contribution in [2.45, 2.75) is 0 Å². The summed E-state index contributed by atoms with van der Waals surface area (Å²) in [5.74, 6) is -1.14. The number of amides is 2. The number of thiazole rings is 1. The Morgan fingerprint density at radius 2 is 1.94 bits per heavy atom. The molecule has 7 nitrogen and oxygen atoms in total. The maximum absolute atomic E-state index is 11.9. The highest BCUT2D eigenvalue weighted by Crippen LogP contribution is 2.12. The molecule has 0 aromatic carbocycles. The van der Waals surface area contributed by atoms with Crippen molar-refractivity contribution in [3.05, 3.63) is 16.1 Å². The van der Waals surface area contributed by atoms with Gasteiger partial charge < -0.3 is 20.8 Å². The van der Waals surface area contributed by atoms with E-state index in [9.17, 15) is 9.59 Å². The number of aliphatic hydroxyl groups is 2. The van der Waals surface area contributed by atoms with E-state index in [0.29, 0.717) is 0 Å². The molecule has 0 saturated heterocycles. The Balaban J connectivity index is 2.81. The van der Waals surface area contributed by atoms with E-state index in [-0.39, 0.29) is 37.0 Å². The highest BCUT2D eigenvalue weighted by atomic mass is 32.1. The summed E-state index contributed by atoms with van der Waals surface area (Å²) in [6.07, 6.45) is 0. The van der Waals surface area contributed by atoms with Gasteiger partial charge in [-0.2, -0.15) is 0 Å². The Kier molecular flexibility index (Phi) is 5.01. The van der Waals surface area contributed by atoms with Gasteiger partial charge in [0, 0.05) is 18.5 Å². The van der Waals surface area contributed by atoms with Crippen LogP contribution in [0.1, 0.15) is 20.3 Å². The van der Waals surface area contributed by atoms with Crippen LogP contribution < -0.4 is 5.73 Å². The molecular formula is C9H13N3O4S. The number of aromatic nitrogens is 1. The molecule has 94 valence electrons. The molecule has 0 fully saturated rings. The lowest BCUT2D eigenvalue weighted by molar-refractivity contribution is 0.0684. The number of aliphatic hydroxyl groups excluding tert-OH is 2. The van der Waals surface area contributed by atoms with Crippen molar-refractivity contribution >= 4 is 23.2 Å². The van der Waals surface area contributed by atoms with Gasteiger partial charge in [-0.25, -0.2) is 4.98 Å². The fourth-order valence-electron chi connectivity index (χ4n) is 1.18. The smallest absolute Gasteiger partial charge is 0.283 e.